The van der Waals surface area contributed by atoms with Gasteiger partial charge < -0.3 is 20.1 Å². The van der Waals surface area contributed by atoms with E-state index in [9.17, 15) is 14.4 Å². The van der Waals surface area contributed by atoms with Gasteiger partial charge >= 0.3 is 6.03 Å². The van der Waals surface area contributed by atoms with Gasteiger partial charge in [-0.05, 0) is 30.7 Å². The van der Waals surface area contributed by atoms with Crippen molar-refractivity contribution in [2.24, 2.45) is 0 Å². The lowest BCUT2D eigenvalue weighted by Crippen LogP contribution is -2.42. The van der Waals surface area contributed by atoms with Crippen LogP contribution in [0.3, 0.4) is 0 Å². The summed E-state index contributed by atoms with van der Waals surface area (Å²) in [6.07, 6.45) is 0.376. The average Bonchev–Trinajstić information content (AvgIpc) is 3.01. The highest BCUT2D eigenvalue weighted by atomic mass is 16.5. The van der Waals surface area contributed by atoms with Crippen molar-refractivity contribution in [3.8, 4) is 11.5 Å². The zero-order valence-electron chi connectivity index (χ0n) is 17.2. The fraction of sp³-hybridized carbons (Fsp3) is 0.318. The number of hydrogen-bond acceptors (Lipinski definition) is 5. The number of imide groups is 1. The Hall–Kier alpha value is -3.55. The quantitative estimate of drug-likeness (QED) is 0.648. The predicted molar refractivity (Wildman–Crippen MR) is 110 cm³/mol. The van der Waals surface area contributed by atoms with E-state index in [-0.39, 0.29) is 6.54 Å². The maximum absolute atomic E-state index is 12.6. The van der Waals surface area contributed by atoms with Crippen LogP contribution in [0.15, 0.2) is 48.5 Å². The summed E-state index contributed by atoms with van der Waals surface area (Å²) >= 11 is 0. The molecule has 0 aliphatic carbocycles. The Kier molecular flexibility index (Phi) is 6.56. The van der Waals surface area contributed by atoms with Crippen LogP contribution < -0.4 is 20.1 Å². The molecule has 4 amide bonds. The first-order chi connectivity index (χ1) is 14.4. The van der Waals surface area contributed by atoms with Crippen LogP contribution in [-0.2, 0) is 16.0 Å². The summed E-state index contributed by atoms with van der Waals surface area (Å²) < 4.78 is 10.6. The Morgan fingerprint density at radius 2 is 1.87 bits per heavy atom. The number of hydrogen-bond donors (Lipinski definition) is 2. The minimum atomic E-state index is -0.677. The summed E-state index contributed by atoms with van der Waals surface area (Å²) in [7, 11) is 3.10. The molecule has 2 atom stereocenters. The number of nitrogens with zero attached hydrogens (tertiary/aromatic N) is 1. The van der Waals surface area contributed by atoms with E-state index < -0.39 is 29.9 Å². The van der Waals surface area contributed by atoms with Crippen LogP contribution in [-0.4, -0.2) is 49.6 Å². The molecule has 1 fully saturated rings. The third kappa shape index (κ3) is 4.71. The number of ether oxygens (including phenoxy) is 2. The van der Waals surface area contributed by atoms with E-state index in [1.807, 2.05) is 30.3 Å². The van der Waals surface area contributed by atoms with Crippen LogP contribution in [0.4, 0.5) is 4.79 Å². The molecule has 0 aromatic heterocycles. The number of carbonyl (C=O) groups excluding carboxylic acids is 3. The Bertz CT molecular complexity index is 932. The van der Waals surface area contributed by atoms with E-state index >= 15 is 0 Å². The molecule has 30 heavy (non-hydrogen) atoms. The molecule has 0 bridgehead atoms. The Balaban J connectivity index is 1.63. The Morgan fingerprint density at radius 1 is 1.13 bits per heavy atom. The van der Waals surface area contributed by atoms with Gasteiger partial charge in [-0.15, -0.1) is 0 Å². The highest BCUT2D eigenvalue weighted by molar-refractivity contribution is 6.06. The van der Waals surface area contributed by atoms with E-state index in [1.165, 1.54) is 0 Å². The number of urea groups is 1. The normalized spacial score (nSPS) is 16.8. The maximum atomic E-state index is 12.6. The standard InChI is InChI=1S/C22H25N3O5/c1-14(17-12-16(29-2)9-10-19(17)30-3)23-20(26)13-25-21(27)18(24-22(25)28)11-15-7-5-4-6-8-15/h4-10,12,14,18H,11,13H2,1-3H3,(H,23,26)(H,24,28). The Labute approximate surface area is 175 Å². The van der Waals surface area contributed by atoms with E-state index in [4.69, 9.17) is 9.47 Å². The van der Waals surface area contributed by atoms with Crippen molar-refractivity contribution < 1.29 is 23.9 Å². The number of carbonyl (C=O) groups is 3. The second-order valence-corrected chi connectivity index (χ2v) is 7.01. The average molecular weight is 411 g/mol. The number of amides is 4. The molecule has 8 nitrogen and oxygen atoms in total. The number of rotatable bonds is 8. The molecule has 1 heterocycles. The minimum absolute atomic E-state index is 0.355. The topological polar surface area (TPSA) is 97.0 Å². The monoisotopic (exact) mass is 411 g/mol. The molecular formula is C22H25N3O5. The van der Waals surface area contributed by atoms with Crippen molar-refractivity contribution in [3.05, 3.63) is 59.7 Å². The minimum Gasteiger partial charge on any atom is -0.497 e. The molecule has 0 saturated carbocycles. The highest BCUT2D eigenvalue weighted by Crippen LogP contribution is 2.29. The summed E-state index contributed by atoms with van der Waals surface area (Å²) in [6.45, 7) is 1.44. The first-order valence-corrected chi connectivity index (χ1v) is 9.60. The third-order valence-electron chi connectivity index (χ3n) is 4.97. The molecule has 2 unspecified atom stereocenters. The van der Waals surface area contributed by atoms with Gasteiger partial charge in [-0.25, -0.2) is 4.79 Å². The molecular weight excluding hydrogens is 386 g/mol. The lowest BCUT2D eigenvalue weighted by Gasteiger charge is -2.20. The SMILES string of the molecule is COc1ccc(OC)c(C(C)NC(=O)CN2C(=O)NC(Cc3ccccc3)C2=O)c1. The smallest absolute Gasteiger partial charge is 0.325 e. The van der Waals surface area contributed by atoms with Crippen molar-refractivity contribution in [1.29, 1.82) is 0 Å². The number of methoxy groups -OCH3 is 2. The van der Waals surface area contributed by atoms with Crippen molar-refractivity contribution in [3.63, 3.8) is 0 Å². The van der Waals surface area contributed by atoms with Gasteiger partial charge in [-0.2, -0.15) is 0 Å². The van der Waals surface area contributed by atoms with E-state index in [0.717, 1.165) is 16.0 Å². The molecule has 1 saturated heterocycles. The molecule has 2 N–H and O–H groups in total. The van der Waals surface area contributed by atoms with Crippen molar-refractivity contribution >= 4 is 17.8 Å². The fourth-order valence-corrected chi connectivity index (χ4v) is 3.40. The molecule has 0 spiro atoms. The summed E-state index contributed by atoms with van der Waals surface area (Å²) in [6, 6.07) is 13.0. The van der Waals surface area contributed by atoms with Gasteiger partial charge in [0, 0.05) is 12.0 Å². The lowest BCUT2D eigenvalue weighted by molar-refractivity contribution is -0.132. The molecule has 1 aliphatic rings. The molecule has 2 aromatic carbocycles. The van der Waals surface area contributed by atoms with Crippen molar-refractivity contribution in [2.75, 3.05) is 20.8 Å². The molecule has 3 rings (SSSR count). The zero-order valence-corrected chi connectivity index (χ0v) is 17.2. The molecule has 8 heteroatoms. The maximum Gasteiger partial charge on any atom is 0.325 e. The predicted octanol–water partition coefficient (Wildman–Crippen LogP) is 2.04. The van der Waals surface area contributed by atoms with Crippen LogP contribution in [0, 0.1) is 0 Å². The van der Waals surface area contributed by atoms with E-state index in [2.05, 4.69) is 10.6 Å². The van der Waals surface area contributed by atoms with Gasteiger partial charge in [0.05, 0.1) is 20.3 Å². The van der Waals surface area contributed by atoms with Crippen LogP contribution in [0.1, 0.15) is 24.1 Å². The van der Waals surface area contributed by atoms with Gasteiger partial charge in [-0.1, -0.05) is 30.3 Å². The van der Waals surface area contributed by atoms with Crippen LogP contribution >= 0.6 is 0 Å². The molecule has 0 radical (unpaired) electrons. The van der Waals surface area contributed by atoms with Gasteiger partial charge in [0.15, 0.2) is 0 Å². The summed E-state index contributed by atoms with van der Waals surface area (Å²) in [4.78, 5) is 38.3. The van der Waals surface area contributed by atoms with Gasteiger partial charge in [0.2, 0.25) is 5.91 Å². The summed E-state index contributed by atoms with van der Waals surface area (Å²) in [5, 5.41) is 5.45. The number of nitrogens with one attached hydrogen (secondary N) is 2. The first-order valence-electron chi connectivity index (χ1n) is 9.60. The van der Waals surface area contributed by atoms with Crippen LogP contribution in [0.5, 0.6) is 11.5 Å². The summed E-state index contributed by atoms with van der Waals surface area (Å²) in [5.74, 6) is 0.369. The number of benzene rings is 2. The lowest BCUT2D eigenvalue weighted by atomic mass is 10.1. The molecule has 158 valence electrons. The van der Waals surface area contributed by atoms with E-state index in [0.29, 0.717) is 17.9 Å². The second-order valence-electron chi connectivity index (χ2n) is 7.01. The van der Waals surface area contributed by atoms with Gasteiger partial charge in [0.25, 0.3) is 5.91 Å². The first kappa shape index (κ1) is 21.2. The molecule has 2 aromatic rings. The zero-order chi connectivity index (χ0) is 21.7. The van der Waals surface area contributed by atoms with Crippen molar-refractivity contribution in [1.82, 2.24) is 15.5 Å². The summed E-state index contributed by atoms with van der Waals surface area (Å²) in [5.41, 5.74) is 1.66. The Morgan fingerprint density at radius 3 is 2.53 bits per heavy atom. The van der Waals surface area contributed by atoms with Crippen LogP contribution in [0.2, 0.25) is 0 Å². The second kappa shape index (κ2) is 9.30. The van der Waals surface area contributed by atoms with E-state index in [1.54, 1.807) is 39.3 Å². The highest BCUT2D eigenvalue weighted by Gasteiger charge is 2.39. The third-order valence-corrected chi connectivity index (χ3v) is 4.97. The van der Waals surface area contributed by atoms with Crippen LogP contribution in [0.25, 0.3) is 0 Å². The fourth-order valence-electron chi connectivity index (χ4n) is 3.40. The van der Waals surface area contributed by atoms with Crippen molar-refractivity contribution in [2.45, 2.75) is 25.4 Å². The van der Waals surface area contributed by atoms with Gasteiger partial charge in [-0.3, -0.25) is 14.5 Å². The largest absolute Gasteiger partial charge is 0.497 e. The molecule has 1 aliphatic heterocycles. The van der Waals surface area contributed by atoms with Gasteiger partial charge in [0.1, 0.15) is 24.1 Å².